The van der Waals surface area contributed by atoms with Crippen molar-refractivity contribution in [2.75, 3.05) is 12.4 Å². The summed E-state index contributed by atoms with van der Waals surface area (Å²) in [4.78, 5) is 36.4. The highest BCUT2D eigenvalue weighted by atomic mass is 32.1. The lowest BCUT2D eigenvalue weighted by Crippen LogP contribution is -2.47. The summed E-state index contributed by atoms with van der Waals surface area (Å²) < 4.78 is 0. The van der Waals surface area contributed by atoms with E-state index in [9.17, 15) is 14.9 Å². The number of nitrogens with one attached hydrogen (secondary N) is 2. The van der Waals surface area contributed by atoms with Crippen LogP contribution in [0, 0.1) is 11.5 Å². The van der Waals surface area contributed by atoms with Gasteiger partial charge in [0.1, 0.15) is 6.04 Å². The number of nitriles is 1. The van der Waals surface area contributed by atoms with Crippen molar-refractivity contribution >= 4 is 44.7 Å². The molecule has 0 radical (unpaired) electrons. The van der Waals surface area contributed by atoms with Crippen molar-refractivity contribution in [3.63, 3.8) is 0 Å². The molecule has 5 aromatic rings. The van der Waals surface area contributed by atoms with E-state index in [-0.39, 0.29) is 6.42 Å². The van der Waals surface area contributed by atoms with E-state index >= 15 is 0 Å². The number of fused-ring (bicyclic) bond motifs is 1. The molecule has 2 heterocycles. The summed E-state index contributed by atoms with van der Waals surface area (Å²) >= 11 is 1.49. The number of pyridine rings is 1. The first-order valence-corrected chi connectivity index (χ1v) is 13.0. The van der Waals surface area contributed by atoms with Crippen LogP contribution in [0.3, 0.4) is 0 Å². The fourth-order valence-corrected chi connectivity index (χ4v) is 4.98. The monoisotopic (exact) mass is 532 g/mol. The Morgan fingerprint density at radius 1 is 1.00 bits per heavy atom. The predicted molar refractivity (Wildman–Crippen MR) is 152 cm³/mol. The largest absolute Gasteiger partial charge is 0.340 e. The average Bonchev–Trinajstić information content (AvgIpc) is 3.45. The van der Waals surface area contributed by atoms with E-state index in [1.165, 1.54) is 18.4 Å². The number of aromatic nitrogens is 2. The average molecular weight is 533 g/mol. The first kappa shape index (κ1) is 25.6. The summed E-state index contributed by atoms with van der Waals surface area (Å²) in [5.41, 5.74) is 3.11. The standard InChI is InChI=1S/C30H24N6O2S/c1-36(19-31)29(38)26(17-20-6-7-21-4-2-3-5-24(21)16-20)35-28(37)23-10-8-22(9-11-23)27-18-33-30(39-27)34-25-12-14-32-15-13-25/h2-16,18,26H,17H2,1H3,(H,35,37)(H,32,33,34)/t26-/m0/s1. The smallest absolute Gasteiger partial charge is 0.258 e. The Hall–Kier alpha value is -5.07. The Morgan fingerprint density at radius 2 is 1.74 bits per heavy atom. The predicted octanol–water partition coefficient (Wildman–Crippen LogP) is 5.38. The minimum absolute atomic E-state index is 0.258. The Kier molecular flexibility index (Phi) is 7.57. The van der Waals surface area contributed by atoms with Gasteiger partial charge in [-0.2, -0.15) is 5.26 Å². The topological polar surface area (TPSA) is 111 Å². The van der Waals surface area contributed by atoms with Gasteiger partial charge in [0, 0.05) is 43.3 Å². The summed E-state index contributed by atoms with van der Waals surface area (Å²) in [5.74, 6) is -0.870. The van der Waals surface area contributed by atoms with Crippen LogP contribution in [-0.4, -0.2) is 39.8 Å². The van der Waals surface area contributed by atoms with Crippen LogP contribution in [0.25, 0.3) is 21.2 Å². The lowest BCUT2D eigenvalue weighted by Gasteiger charge is -2.20. The summed E-state index contributed by atoms with van der Waals surface area (Å²) in [6, 6.07) is 23.8. The molecule has 9 heteroatoms. The minimum atomic E-state index is -0.897. The van der Waals surface area contributed by atoms with Gasteiger partial charge in [0.15, 0.2) is 11.3 Å². The summed E-state index contributed by atoms with van der Waals surface area (Å²) in [6.45, 7) is 0. The first-order valence-electron chi connectivity index (χ1n) is 12.2. The van der Waals surface area contributed by atoms with E-state index in [0.717, 1.165) is 42.5 Å². The Balaban J connectivity index is 1.30. The van der Waals surface area contributed by atoms with Crippen molar-refractivity contribution in [3.05, 3.63) is 109 Å². The molecule has 0 saturated heterocycles. The molecule has 0 saturated carbocycles. The molecule has 192 valence electrons. The molecule has 2 N–H and O–H groups in total. The van der Waals surface area contributed by atoms with Gasteiger partial charge in [0.05, 0.1) is 4.88 Å². The second-order valence-corrected chi connectivity index (χ2v) is 9.91. The SMILES string of the molecule is CN(C#N)C(=O)[C@H](Cc1ccc2ccccc2c1)NC(=O)c1ccc(-c2cnc(Nc3ccncc3)s2)cc1. The molecule has 0 aliphatic heterocycles. The van der Waals surface area contributed by atoms with Crippen molar-refractivity contribution in [1.29, 1.82) is 5.26 Å². The Bertz CT molecular complexity index is 1660. The van der Waals surface area contributed by atoms with E-state index in [1.807, 2.05) is 72.9 Å². The van der Waals surface area contributed by atoms with E-state index in [4.69, 9.17) is 0 Å². The van der Waals surface area contributed by atoms with Crippen LogP contribution in [0.2, 0.25) is 0 Å². The molecule has 0 bridgehead atoms. The van der Waals surface area contributed by atoms with Crippen LogP contribution in [0.5, 0.6) is 0 Å². The third kappa shape index (κ3) is 6.09. The minimum Gasteiger partial charge on any atom is -0.340 e. The van der Waals surface area contributed by atoms with Gasteiger partial charge in [0.25, 0.3) is 11.8 Å². The number of carbonyl (C=O) groups is 2. The van der Waals surface area contributed by atoms with Crippen molar-refractivity contribution < 1.29 is 9.59 Å². The summed E-state index contributed by atoms with van der Waals surface area (Å²) in [6.07, 6.45) is 7.29. The van der Waals surface area contributed by atoms with Gasteiger partial charge in [-0.3, -0.25) is 19.5 Å². The number of amides is 2. The molecule has 2 aromatic heterocycles. The molecular weight excluding hydrogens is 508 g/mol. The Morgan fingerprint density at radius 3 is 2.49 bits per heavy atom. The number of thiazole rings is 1. The quantitative estimate of drug-likeness (QED) is 0.205. The molecule has 0 fully saturated rings. The first-order chi connectivity index (χ1) is 19.0. The van der Waals surface area contributed by atoms with E-state index in [2.05, 4.69) is 20.6 Å². The van der Waals surface area contributed by atoms with Crippen molar-refractivity contribution in [2.24, 2.45) is 0 Å². The molecule has 3 aromatic carbocycles. The fraction of sp³-hybridized carbons (Fsp3) is 0.100. The van der Waals surface area contributed by atoms with Crippen LogP contribution in [-0.2, 0) is 11.2 Å². The van der Waals surface area contributed by atoms with E-state index in [0.29, 0.717) is 5.56 Å². The van der Waals surface area contributed by atoms with Crippen LogP contribution in [0.1, 0.15) is 15.9 Å². The Labute approximate surface area is 229 Å². The van der Waals surface area contributed by atoms with Crippen molar-refractivity contribution in [3.8, 4) is 16.6 Å². The summed E-state index contributed by atoms with van der Waals surface area (Å²) in [5, 5.41) is 18.2. The zero-order valence-electron chi connectivity index (χ0n) is 21.0. The normalized spacial score (nSPS) is 11.4. The highest BCUT2D eigenvalue weighted by molar-refractivity contribution is 7.18. The third-order valence-corrected chi connectivity index (χ3v) is 7.17. The number of benzene rings is 3. The number of carbonyl (C=O) groups excluding carboxylic acids is 2. The number of anilines is 2. The lowest BCUT2D eigenvalue weighted by molar-refractivity contribution is -0.129. The number of hydrogen-bond acceptors (Lipinski definition) is 7. The summed E-state index contributed by atoms with van der Waals surface area (Å²) in [7, 11) is 1.39. The van der Waals surface area contributed by atoms with Crippen molar-refractivity contribution in [2.45, 2.75) is 12.5 Å². The molecule has 5 rings (SSSR count). The molecule has 0 spiro atoms. The highest BCUT2D eigenvalue weighted by Crippen LogP contribution is 2.30. The van der Waals surface area contributed by atoms with Gasteiger partial charge >= 0.3 is 0 Å². The zero-order valence-corrected chi connectivity index (χ0v) is 21.9. The molecule has 0 unspecified atom stereocenters. The second-order valence-electron chi connectivity index (χ2n) is 8.88. The van der Waals surface area contributed by atoms with Gasteiger partial charge in [-0.05, 0) is 46.2 Å². The van der Waals surface area contributed by atoms with Crippen LogP contribution >= 0.6 is 11.3 Å². The molecular formula is C30H24N6O2S. The van der Waals surface area contributed by atoms with Crippen LogP contribution in [0.15, 0.2) is 97.5 Å². The van der Waals surface area contributed by atoms with Gasteiger partial charge in [0.2, 0.25) is 0 Å². The molecule has 1 atom stereocenters. The van der Waals surface area contributed by atoms with Crippen molar-refractivity contribution in [1.82, 2.24) is 20.2 Å². The molecule has 0 aliphatic rings. The molecule has 2 amide bonds. The molecule has 8 nitrogen and oxygen atoms in total. The number of nitrogens with zero attached hydrogens (tertiary/aromatic N) is 4. The number of rotatable bonds is 8. The number of hydrogen-bond donors (Lipinski definition) is 2. The maximum absolute atomic E-state index is 13.1. The molecule has 0 aliphatic carbocycles. The molecule has 39 heavy (non-hydrogen) atoms. The van der Waals surface area contributed by atoms with Crippen LogP contribution < -0.4 is 10.6 Å². The lowest BCUT2D eigenvalue weighted by atomic mass is 10.0. The highest BCUT2D eigenvalue weighted by Gasteiger charge is 2.25. The fourth-order valence-electron chi connectivity index (χ4n) is 4.14. The van der Waals surface area contributed by atoms with Gasteiger partial charge < -0.3 is 10.6 Å². The number of likely N-dealkylation sites (N-methyl/N-ethyl adjacent to an activating group) is 1. The van der Waals surface area contributed by atoms with Gasteiger partial charge in [-0.15, -0.1) is 0 Å². The maximum atomic E-state index is 13.1. The van der Waals surface area contributed by atoms with Crippen LogP contribution in [0.4, 0.5) is 10.8 Å². The zero-order chi connectivity index (χ0) is 27.2. The second kappa shape index (κ2) is 11.5. The third-order valence-electron chi connectivity index (χ3n) is 6.21. The van der Waals surface area contributed by atoms with E-state index in [1.54, 1.807) is 30.7 Å². The van der Waals surface area contributed by atoms with Gasteiger partial charge in [-0.25, -0.2) is 4.98 Å². The maximum Gasteiger partial charge on any atom is 0.258 e. The van der Waals surface area contributed by atoms with E-state index < -0.39 is 17.9 Å². The van der Waals surface area contributed by atoms with Gasteiger partial charge in [-0.1, -0.05) is 65.9 Å².